The maximum Gasteiger partial charge on any atom is 0.373 e. The van der Waals surface area contributed by atoms with E-state index >= 15 is 0 Å². The standard InChI is InChI=1S/C25H24ClN3O7/c1-4-34-22-11-16(6-9-20(22)35-14-18-8-10-21(36-18)25(32)33-3)13-27-29-24(31)23(30)28-17-7-5-15(2)19(26)12-17/h5-13H,4,14H2,1-3H3,(H,28,30)(H,29,31)/b27-13+. The molecule has 0 spiro atoms. The zero-order chi connectivity index (χ0) is 26.1. The molecular formula is C25H24ClN3O7. The van der Waals surface area contributed by atoms with E-state index in [0.717, 1.165) is 5.56 Å². The summed E-state index contributed by atoms with van der Waals surface area (Å²) >= 11 is 6.03. The number of amides is 2. The Kier molecular flexibility index (Phi) is 9.07. The smallest absolute Gasteiger partial charge is 0.373 e. The van der Waals surface area contributed by atoms with Gasteiger partial charge in [0.1, 0.15) is 12.4 Å². The quantitative estimate of drug-likeness (QED) is 0.191. The second-order valence-corrected chi connectivity index (χ2v) is 7.71. The van der Waals surface area contributed by atoms with Gasteiger partial charge in [0, 0.05) is 10.7 Å². The molecule has 0 aliphatic heterocycles. The second kappa shape index (κ2) is 12.4. The molecule has 0 saturated heterocycles. The number of hydrogen-bond acceptors (Lipinski definition) is 8. The number of ether oxygens (including phenoxy) is 3. The Morgan fingerprint density at radius 3 is 2.56 bits per heavy atom. The van der Waals surface area contributed by atoms with Crippen molar-refractivity contribution in [2.45, 2.75) is 20.5 Å². The number of hydrogen-bond donors (Lipinski definition) is 2. The number of benzene rings is 2. The molecule has 1 heterocycles. The lowest BCUT2D eigenvalue weighted by Gasteiger charge is -2.11. The molecule has 3 rings (SSSR count). The molecule has 0 radical (unpaired) electrons. The minimum Gasteiger partial charge on any atom is -0.490 e. The summed E-state index contributed by atoms with van der Waals surface area (Å²) in [6.07, 6.45) is 1.36. The second-order valence-electron chi connectivity index (χ2n) is 7.30. The van der Waals surface area contributed by atoms with Crippen molar-refractivity contribution in [3.8, 4) is 11.5 Å². The molecule has 0 saturated carbocycles. The van der Waals surface area contributed by atoms with E-state index in [-0.39, 0.29) is 12.4 Å². The lowest BCUT2D eigenvalue weighted by Crippen LogP contribution is -2.32. The van der Waals surface area contributed by atoms with Crippen molar-refractivity contribution >= 4 is 41.3 Å². The summed E-state index contributed by atoms with van der Waals surface area (Å²) in [6.45, 7) is 4.08. The predicted octanol–water partition coefficient (Wildman–Crippen LogP) is 4.09. The summed E-state index contributed by atoms with van der Waals surface area (Å²) in [4.78, 5) is 35.6. The molecule has 2 aromatic carbocycles. The first-order valence-electron chi connectivity index (χ1n) is 10.8. The van der Waals surface area contributed by atoms with Gasteiger partial charge in [0.2, 0.25) is 5.76 Å². The van der Waals surface area contributed by atoms with Gasteiger partial charge in [-0.2, -0.15) is 5.10 Å². The van der Waals surface area contributed by atoms with Crippen LogP contribution >= 0.6 is 11.6 Å². The van der Waals surface area contributed by atoms with Crippen LogP contribution in [-0.2, 0) is 20.9 Å². The van der Waals surface area contributed by atoms with Crippen LogP contribution in [0.4, 0.5) is 5.69 Å². The SMILES string of the molecule is CCOc1cc(/C=N/NC(=O)C(=O)Nc2ccc(C)c(Cl)c2)ccc1OCc1ccc(C(=O)OC)o1. The fraction of sp³-hybridized carbons (Fsp3) is 0.200. The van der Waals surface area contributed by atoms with Gasteiger partial charge < -0.3 is 23.9 Å². The zero-order valence-corrected chi connectivity index (χ0v) is 20.5. The van der Waals surface area contributed by atoms with Crippen LogP contribution in [-0.4, -0.2) is 37.7 Å². The number of carbonyl (C=O) groups excluding carboxylic acids is 3. The molecule has 0 aliphatic rings. The van der Waals surface area contributed by atoms with Crippen molar-refractivity contribution in [1.82, 2.24) is 5.43 Å². The summed E-state index contributed by atoms with van der Waals surface area (Å²) in [5.74, 6) is -1.05. The number of halogens is 1. The van der Waals surface area contributed by atoms with Crippen molar-refractivity contribution in [3.05, 3.63) is 76.2 Å². The Balaban J connectivity index is 1.59. The molecule has 10 nitrogen and oxygen atoms in total. The third-order valence-corrected chi connectivity index (χ3v) is 5.11. The molecule has 188 valence electrons. The monoisotopic (exact) mass is 513 g/mol. The molecule has 0 unspecified atom stereocenters. The normalized spacial score (nSPS) is 10.7. The number of carbonyl (C=O) groups is 3. The highest BCUT2D eigenvalue weighted by molar-refractivity contribution is 6.39. The van der Waals surface area contributed by atoms with Gasteiger partial charge in [-0.1, -0.05) is 17.7 Å². The van der Waals surface area contributed by atoms with E-state index in [1.807, 2.05) is 13.8 Å². The molecular weight excluding hydrogens is 490 g/mol. The van der Waals surface area contributed by atoms with E-state index < -0.39 is 17.8 Å². The highest BCUT2D eigenvalue weighted by Crippen LogP contribution is 2.29. The summed E-state index contributed by atoms with van der Waals surface area (Å²) in [7, 11) is 1.27. The first-order chi connectivity index (χ1) is 17.3. The fourth-order valence-electron chi connectivity index (χ4n) is 2.88. The number of rotatable bonds is 9. The number of esters is 1. The van der Waals surface area contributed by atoms with Crippen LogP contribution in [0, 0.1) is 6.92 Å². The van der Waals surface area contributed by atoms with Crippen molar-refractivity contribution in [2.24, 2.45) is 5.10 Å². The topological polar surface area (TPSA) is 128 Å². The van der Waals surface area contributed by atoms with Crippen molar-refractivity contribution < 1.29 is 33.0 Å². The molecule has 0 atom stereocenters. The Labute approximate surface area is 212 Å². The average molecular weight is 514 g/mol. The van der Waals surface area contributed by atoms with Crippen molar-refractivity contribution in [1.29, 1.82) is 0 Å². The van der Waals surface area contributed by atoms with E-state index in [9.17, 15) is 14.4 Å². The molecule has 0 aliphatic carbocycles. The number of furan rings is 1. The molecule has 2 N–H and O–H groups in total. The number of aryl methyl sites for hydroxylation is 1. The van der Waals surface area contributed by atoms with E-state index in [0.29, 0.717) is 40.1 Å². The number of nitrogens with one attached hydrogen (secondary N) is 2. The minimum atomic E-state index is -0.947. The van der Waals surface area contributed by atoms with Crippen molar-refractivity contribution in [3.63, 3.8) is 0 Å². The lowest BCUT2D eigenvalue weighted by atomic mass is 10.2. The molecule has 1 aromatic heterocycles. The predicted molar refractivity (Wildman–Crippen MR) is 133 cm³/mol. The number of anilines is 1. The third-order valence-electron chi connectivity index (χ3n) is 4.70. The first kappa shape index (κ1) is 26.3. The van der Waals surface area contributed by atoms with Crippen LogP contribution in [0.5, 0.6) is 11.5 Å². The first-order valence-corrected chi connectivity index (χ1v) is 11.2. The summed E-state index contributed by atoms with van der Waals surface area (Å²) in [5.41, 5.74) is 3.99. The van der Waals surface area contributed by atoms with E-state index in [1.54, 1.807) is 42.5 Å². The Bertz CT molecular complexity index is 1290. The highest BCUT2D eigenvalue weighted by Gasteiger charge is 2.14. The van der Waals surface area contributed by atoms with Gasteiger partial charge in [0.25, 0.3) is 0 Å². The Morgan fingerprint density at radius 2 is 1.83 bits per heavy atom. The largest absolute Gasteiger partial charge is 0.490 e. The van der Waals surface area contributed by atoms with E-state index in [1.165, 1.54) is 19.4 Å². The molecule has 11 heteroatoms. The van der Waals surface area contributed by atoms with Crippen LogP contribution in [0.3, 0.4) is 0 Å². The summed E-state index contributed by atoms with van der Waals surface area (Å²) in [6, 6.07) is 13.0. The number of nitrogens with zero attached hydrogens (tertiary/aromatic N) is 1. The maximum atomic E-state index is 12.1. The minimum absolute atomic E-state index is 0.0574. The fourth-order valence-corrected chi connectivity index (χ4v) is 3.06. The summed E-state index contributed by atoms with van der Waals surface area (Å²) in [5, 5.41) is 6.74. The lowest BCUT2D eigenvalue weighted by molar-refractivity contribution is -0.136. The molecule has 3 aromatic rings. The zero-order valence-electron chi connectivity index (χ0n) is 19.8. The van der Waals surface area contributed by atoms with E-state index in [2.05, 4.69) is 20.6 Å². The van der Waals surface area contributed by atoms with Crippen LogP contribution in [0.15, 0.2) is 58.0 Å². The molecule has 0 fully saturated rings. The highest BCUT2D eigenvalue weighted by atomic mass is 35.5. The Hall–Kier alpha value is -4.31. The van der Waals surface area contributed by atoms with Crippen LogP contribution in [0.1, 0.15) is 34.4 Å². The average Bonchev–Trinajstić information content (AvgIpc) is 3.34. The molecule has 36 heavy (non-hydrogen) atoms. The van der Waals surface area contributed by atoms with Crippen LogP contribution in [0.2, 0.25) is 5.02 Å². The van der Waals surface area contributed by atoms with Crippen molar-refractivity contribution in [2.75, 3.05) is 19.0 Å². The number of hydrazone groups is 1. The van der Waals surface area contributed by atoms with Gasteiger partial charge in [0.15, 0.2) is 11.5 Å². The van der Waals surface area contributed by atoms with E-state index in [4.69, 9.17) is 25.5 Å². The molecule has 2 amide bonds. The third kappa shape index (κ3) is 7.09. The van der Waals surface area contributed by atoms with Gasteiger partial charge in [-0.15, -0.1) is 0 Å². The van der Waals surface area contributed by atoms with Crippen LogP contribution in [0.25, 0.3) is 0 Å². The van der Waals surface area contributed by atoms with Gasteiger partial charge in [-0.25, -0.2) is 10.2 Å². The van der Waals surface area contributed by atoms with Crippen LogP contribution < -0.4 is 20.2 Å². The van der Waals surface area contributed by atoms with Gasteiger partial charge >= 0.3 is 17.8 Å². The molecule has 0 bridgehead atoms. The summed E-state index contributed by atoms with van der Waals surface area (Å²) < 4.78 is 21.4. The number of methoxy groups -OCH3 is 1. The maximum absolute atomic E-state index is 12.1. The van der Waals surface area contributed by atoms with Gasteiger partial charge in [0.05, 0.1) is 19.9 Å². The Morgan fingerprint density at radius 1 is 1.03 bits per heavy atom. The van der Waals surface area contributed by atoms with Gasteiger partial charge in [-0.3, -0.25) is 9.59 Å². The van der Waals surface area contributed by atoms with Gasteiger partial charge in [-0.05, 0) is 67.4 Å².